The first-order valence-electron chi connectivity index (χ1n) is 9.18. The van der Waals surface area contributed by atoms with Crippen molar-refractivity contribution in [3.63, 3.8) is 0 Å². The van der Waals surface area contributed by atoms with E-state index in [-0.39, 0.29) is 22.6 Å². The molecule has 0 unspecified atom stereocenters. The second-order valence-corrected chi connectivity index (χ2v) is 7.33. The third-order valence-corrected chi connectivity index (χ3v) is 5.04. The van der Waals surface area contributed by atoms with Crippen LogP contribution >= 0.6 is 11.6 Å². The topological polar surface area (TPSA) is 66.9 Å². The molecule has 1 aliphatic carbocycles. The molecule has 1 fully saturated rings. The van der Waals surface area contributed by atoms with Crippen molar-refractivity contribution < 1.29 is 22.4 Å². The number of anilines is 2. The summed E-state index contributed by atoms with van der Waals surface area (Å²) in [5.41, 5.74) is -1.78. The first-order chi connectivity index (χ1) is 13.7. The van der Waals surface area contributed by atoms with Crippen molar-refractivity contribution in [1.29, 1.82) is 0 Å². The predicted molar refractivity (Wildman–Crippen MR) is 101 cm³/mol. The lowest BCUT2D eigenvalue weighted by Crippen LogP contribution is -2.32. The van der Waals surface area contributed by atoms with Gasteiger partial charge in [-0.25, -0.2) is 14.4 Å². The Morgan fingerprint density at radius 1 is 1.21 bits per heavy atom. The highest BCUT2D eigenvalue weighted by Gasteiger charge is 2.38. The zero-order valence-electron chi connectivity index (χ0n) is 15.3. The molecule has 0 spiro atoms. The Kier molecular flexibility index (Phi) is 6.56. The zero-order chi connectivity index (χ0) is 21.0. The molecule has 0 radical (unpaired) electrons. The number of rotatable bonds is 5. The summed E-state index contributed by atoms with van der Waals surface area (Å²) < 4.78 is 53.6. The van der Waals surface area contributed by atoms with Gasteiger partial charge in [0.1, 0.15) is 5.82 Å². The number of benzene rings is 1. The Bertz CT molecular complexity index is 885. The van der Waals surface area contributed by atoms with Crippen LogP contribution in [-0.2, 0) is 6.18 Å². The van der Waals surface area contributed by atoms with Crippen molar-refractivity contribution in [1.82, 2.24) is 15.3 Å². The number of nitrogens with one attached hydrogen (secondary N) is 2. The molecule has 2 aromatic rings. The van der Waals surface area contributed by atoms with Gasteiger partial charge in [-0.2, -0.15) is 13.2 Å². The van der Waals surface area contributed by atoms with Gasteiger partial charge < -0.3 is 10.6 Å². The van der Waals surface area contributed by atoms with Gasteiger partial charge in [-0.15, -0.1) is 0 Å². The Morgan fingerprint density at radius 3 is 2.59 bits per heavy atom. The summed E-state index contributed by atoms with van der Waals surface area (Å²) in [4.78, 5) is 19.6. The van der Waals surface area contributed by atoms with E-state index in [1.807, 2.05) is 0 Å². The van der Waals surface area contributed by atoms with Crippen molar-refractivity contribution in [3.05, 3.63) is 46.5 Å². The number of carbonyl (C=O) groups excluding carboxylic acids is 1. The Labute approximate surface area is 169 Å². The number of halogens is 5. The van der Waals surface area contributed by atoms with E-state index in [4.69, 9.17) is 11.6 Å². The Balaban J connectivity index is 1.78. The van der Waals surface area contributed by atoms with Crippen LogP contribution in [0.15, 0.2) is 24.4 Å². The van der Waals surface area contributed by atoms with Crippen molar-refractivity contribution in [2.45, 2.75) is 38.3 Å². The molecule has 1 heterocycles. The normalized spacial score (nSPS) is 15.2. The number of hydrogen-bond acceptors (Lipinski definition) is 4. The summed E-state index contributed by atoms with van der Waals surface area (Å²) in [7, 11) is 0. The number of alkyl halides is 3. The van der Waals surface area contributed by atoms with Crippen LogP contribution in [0.2, 0.25) is 5.02 Å². The molecule has 1 saturated carbocycles. The van der Waals surface area contributed by atoms with Gasteiger partial charge in [0.25, 0.3) is 5.91 Å². The highest BCUT2D eigenvalue weighted by Crippen LogP contribution is 2.32. The molecule has 0 aliphatic heterocycles. The largest absolute Gasteiger partial charge is 0.434 e. The van der Waals surface area contributed by atoms with Crippen LogP contribution in [0.3, 0.4) is 0 Å². The van der Waals surface area contributed by atoms with E-state index in [1.54, 1.807) is 0 Å². The SMILES string of the molecule is O=C(NCC1CCCCC1)c1cnc(Nc2ccc(F)c(Cl)c2)nc1C(F)(F)F. The lowest BCUT2D eigenvalue weighted by Gasteiger charge is -2.22. The monoisotopic (exact) mass is 430 g/mol. The van der Waals surface area contributed by atoms with Gasteiger partial charge in [0.15, 0.2) is 5.69 Å². The molecule has 1 aliphatic rings. The van der Waals surface area contributed by atoms with Crippen LogP contribution in [0.25, 0.3) is 0 Å². The second kappa shape index (κ2) is 8.94. The molecule has 5 nitrogen and oxygen atoms in total. The minimum atomic E-state index is -4.85. The van der Waals surface area contributed by atoms with Crippen LogP contribution in [-0.4, -0.2) is 22.4 Å². The maximum Gasteiger partial charge on any atom is 0.434 e. The van der Waals surface area contributed by atoms with E-state index in [9.17, 15) is 22.4 Å². The standard InChI is InChI=1S/C19H19ClF4N4O/c20-14-8-12(6-7-15(14)21)27-18-26-10-13(16(28-18)19(22,23)24)17(29)25-9-11-4-2-1-3-5-11/h6-8,10-11H,1-5,9H2,(H,25,29)(H,26,27,28). The molecule has 3 rings (SSSR count). The third kappa shape index (κ3) is 5.56. The van der Waals surface area contributed by atoms with E-state index in [2.05, 4.69) is 20.6 Å². The van der Waals surface area contributed by atoms with Gasteiger partial charge in [0.05, 0.1) is 10.6 Å². The lowest BCUT2D eigenvalue weighted by molar-refractivity contribution is -0.141. The van der Waals surface area contributed by atoms with Crippen molar-refractivity contribution in [2.24, 2.45) is 5.92 Å². The quantitative estimate of drug-likeness (QED) is 0.628. The Morgan fingerprint density at radius 2 is 1.93 bits per heavy atom. The van der Waals surface area contributed by atoms with Gasteiger partial charge in [0.2, 0.25) is 5.95 Å². The number of aromatic nitrogens is 2. The summed E-state index contributed by atoms with van der Waals surface area (Å²) in [5.74, 6) is -1.64. The lowest BCUT2D eigenvalue weighted by atomic mass is 9.89. The minimum absolute atomic E-state index is 0.204. The van der Waals surface area contributed by atoms with E-state index in [1.165, 1.54) is 12.1 Å². The zero-order valence-corrected chi connectivity index (χ0v) is 16.1. The molecule has 0 bridgehead atoms. The van der Waals surface area contributed by atoms with E-state index in [0.29, 0.717) is 6.54 Å². The fourth-order valence-electron chi connectivity index (χ4n) is 3.25. The predicted octanol–water partition coefficient (Wildman–Crippen LogP) is 5.34. The molecule has 1 aromatic heterocycles. The molecule has 2 N–H and O–H groups in total. The summed E-state index contributed by atoms with van der Waals surface area (Å²) in [5, 5.41) is 4.89. The molecule has 1 amide bonds. The fraction of sp³-hybridized carbons (Fsp3) is 0.421. The summed E-state index contributed by atoms with van der Waals surface area (Å²) in [6.45, 7) is 0.324. The Hall–Kier alpha value is -2.42. The van der Waals surface area contributed by atoms with E-state index >= 15 is 0 Å². The van der Waals surface area contributed by atoms with Crippen LogP contribution in [0.1, 0.15) is 48.2 Å². The van der Waals surface area contributed by atoms with Gasteiger partial charge in [-0.3, -0.25) is 4.79 Å². The van der Waals surface area contributed by atoms with Gasteiger partial charge in [-0.1, -0.05) is 30.9 Å². The first kappa shape index (κ1) is 21.3. The van der Waals surface area contributed by atoms with Crippen molar-refractivity contribution in [3.8, 4) is 0 Å². The van der Waals surface area contributed by atoms with Gasteiger partial charge in [0, 0.05) is 18.4 Å². The van der Waals surface area contributed by atoms with Crippen LogP contribution in [0.4, 0.5) is 29.2 Å². The number of hydrogen-bond donors (Lipinski definition) is 2. The second-order valence-electron chi connectivity index (χ2n) is 6.92. The van der Waals surface area contributed by atoms with E-state index < -0.39 is 29.2 Å². The van der Waals surface area contributed by atoms with Crippen LogP contribution in [0, 0.1) is 11.7 Å². The first-order valence-corrected chi connectivity index (χ1v) is 9.56. The van der Waals surface area contributed by atoms with Crippen molar-refractivity contribution in [2.75, 3.05) is 11.9 Å². The summed E-state index contributed by atoms with van der Waals surface area (Å²) in [6.07, 6.45) is 1.15. The molecule has 0 atom stereocenters. The molecule has 1 aromatic carbocycles. The molecule has 29 heavy (non-hydrogen) atoms. The highest BCUT2D eigenvalue weighted by molar-refractivity contribution is 6.31. The third-order valence-electron chi connectivity index (χ3n) is 4.75. The van der Waals surface area contributed by atoms with Crippen LogP contribution < -0.4 is 10.6 Å². The number of carbonyl (C=O) groups is 1. The highest BCUT2D eigenvalue weighted by atomic mass is 35.5. The maximum absolute atomic E-state index is 13.5. The molecule has 10 heteroatoms. The fourth-order valence-corrected chi connectivity index (χ4v) is 3.43. The average Bonchev–Trinajstić information content (AvgIpc) is 2.69. The summed E-state index contributed by atoms with van der Waals surface area (Å²) in [6, 6.07) is 3.53. The molecule has 0 saturated heterocycles. The van der Waals surface area contributed by atoms with Gasteiger partial charge in [-0.05, 0) is 37.0 Å². The number of nitrogens with zero attached hydrogens (tertiary/aromatic N) is 2. The number of amides is 1. The minimum Gasteiger partial charge on any atom is -0.352 e. The maximum atomic E-state index is 13.5. The van der Waals surface area contributed by atoms with Crippen LogP contribution in [0.5, 0.6) is 0 Å². The summed E-state index contributed by atoms with van der Waals surface area (Å²) >= 11 is 5.66. The molecular formula is C19H19ClF4N4O. The van der Waals surface area contributed by atoms with Crippen molar-refractivity contribution >= 4 is 29.1 Å². The molecule has 156 valence electrons. The molecular weight excluding hydrogens is 412 g/mol. The smallest absolute Gasteiger partial charge is 0.352 e. The van der Waals surface area contributed by atoms with Gasteiger partial charge >= 0.3 is 6.18 Å². The average molecular weight is 431 g/mol. The van der Waals surface area contributed by atoms with E-state index in [0.717, 1.165) is 44.4 Å².